The van der Waals surface area contributed by atoms with Crippen LogP contribution in [0, 0.1) is 28.6 Å². The van der Waals surface area contributed by atoms with Gasteiger partial charge in [0, 0.05) is 36.0 Å². The fourth-order valence-electron chi connectivity index (χ4n) is 7.77. The zero-order valence-electron chi connectivity index (χ0n) is 24.9. The SMILES string of the molecule is CC1(CO)C2CC3(C(O)C=C2C(=O)O)C(C(=O)O)CCC13.O=C(O)CCCCCCCC(O)C(O)CCCCCCO. The van der Waals surface area contributed by atoms with Crippen LogP contribution >= 0.6 is 0 Å². The minimum atomic E-state index is -1.10. The average Bonchev–Trinajstić information content (AvgIpc) is 3.42. The second-order valence-electron chi connectivity index (χ2n) is 12.7. The van der Waals surface area contributed by atoms with Crippen molar-refractivity contribution in [3.05, 3.63) is 11.6 Å². The number of hydrogen-bond donors (Lipinski definition) is 8. The number of aliphatic hydroxyl groups excluding tert-OH is 5. The molecule has 2 bridgehead atoms. The number of hydrogen-bond acceptors (Lipinski definition) is 8. The van der Waals surface area contributed by atoms with E-state index in [0.717, 1.165) is 51.4 Å². The number of carbonyl (C=O) groups is 3. The Balaban J connectivity index is 0.000000293. The zero-order valence-corrected chi connectivity index (χ0v) is 24.9. The number of unbranched alkanes of at least 4 members (excludes halogenated alkanes) is 7. The molecule has 8 unspecified atom stereocenters. The molecule has 242 valence electrons. The summed E-state index contributed by atoms with van der Waals surface area (Å²) in [5.41, 5.74) is -1.41. The highest BCUT2D eigenvalue weighted by Gasteiger charge is 2.71. The predicted molar refractivity (Wildman–Crippen MR) is 153 cm³/mol. The van der Waals surface area contributed by atoms with Crippen molar-refractivity contribution in [3.63, 3.8) is 0 Å². The van der Waals surface area contributed by atoms with Crippen molar-refractivity contribution in [1.29, 1.82) is 0 Å². The Kier molecular flexibility index (Phi) is 14.4. The second kappa shape index (κ2) is 16.7. The van der Waals surface area contributed by atoms with E-state index >= 15 is 0 Å². The Morgan fingerprint density at radius 3 is 1.90 bits per heavy atom. The largest absolute Gasteiger partial charge is 0.481 e. The monoisotopic (exact) mass is 600 g/mol. The van der Waals surface area contributed by atoms with Gasteiger partial charge in [0.1, 0.15) is 0 Å². The van der Waals surface area contributed by atoms with Gasteiger partial charge in [-0.05, 0) is 62.9 Å². The van der Waals surface area contributed by atoms with Crippen LogP contribution in [-0.2, 0) is 14.4 Å². The summed E-state index contributed by atoms with van der Waals surface area (Å²) in [5.74, 6) is -4.04. The van der Waals surface area contributed by atoms with Crippen LogP contribution in [0.5, 0.6) is 0 Å². The van der Waals surface area contributed by atoms with Crippen molar-refractivity contribution in [1.82, 2.24) is 0 Å². The van der Waals surface area contributed by atoms with Crippen LogP contribution in [0.4, 0.5) is 0 Å². The molecule has 0 aromatic heterocycles. The third-order valence-electron chi connectivity index (χ3n) is 10.1. The Morgan fingerprint density at radius 1 is 0.857 bits per heavy atom. The lowest BCUT2D eigenvalue weighted by Gasteiger charge is -2.40. The van der Waals surface area contributed by atoms with E-state index in [0.29, 0.717) is 38.5 Å². The molecule has 8 N–H and O–H groups in total. The topological polar surface area (TPSA) is 213 Å². The molecular formula is C31H52O11. The molecule has 3 aliphatic carbocycles. The standard InChI is InChI=1S/C16H32O5.C15H20O6/c17-13-9-5-4-7-11-15(19)14(18)10-6-2-1-3-8-12-16(20)21;1-14(6-16)9-5-15(11(17)4-7(9)12(18)19)8(13(20)21)2-3-10(14)15/h14-15,17-19H,1-13H2,(H,20,21);4,8-11,16-17H,2-3,5-6H2,1H3,(H,18,19)(H,20,21). The van der Waals surface area contributed by atoms with E-state index < -0.39 is 58.9 Å². The maximum atomic E-state index is 11.6. The molecular weight excluding hydrogens is 548 g/mol. The van der Waals surface area contributed by atoms with E-state index in [2.05, 4.69) is 0 Å². The van der Waals surface area contributed by atoms with E-state index in [1.165, 1.54) is 6.08 Å². The van der Waals surface area contributed by atoms with Gasteiger partial charge in [0.25, 0.3) is 0 Å². The summed E-state index contributed by atoms with van der Waals surface area (Å²) in [6.07, 6.45) is 9.87. The van der Waals surface area contributed by atoms with Crippen molar-refractivity contribution in [3.8, 4) is 0 Å². The minimum Gasteiger partial charge on any atom is -0.481 e. The molecule has 0 aromatic carbocycles. The lowest BCUT2D eigenvalue weighted by molar-refractivity contribution is -0.150. The third kappa shape index (κ3) is 8.53. The van der Waals surface area contributed by atoms with Crippen LogP contribution in [0.3, 0.4) is 0 Å². The molecule has 0 saturated heterocycles. The summed E-state index contributed by atoms with van der Waals surface area (Å²) in [4.78, 5) is 33.4. The number of rotatable bonds is 18. The van der Waals surface area contributed by atoms with Gasteiger partial charge in [-0.2, -0.15) is 0 Å². The van der Waals surface area contributed by atoms with Crippen molar-refractivity contribution >= 4 is 17.9 Å². The Morgan fingerprint density at radius 2 is 1.40 bits per heavy atom. The van der Waals surface area contributed by atoms with Gasteiger partial charge in [0.05, 0.1) is 24.2 Å². The first-order valence-electron chi connectivity index (χ1n) is 15.5. The Labute approximate surface area is 248 Å². The quantitative estimate of drug-likeness (QED) is 0.107. The summed E-state index contributed by atoms with van der Waals surface area (Å²) in [5, 5.41) is 76.1. The normalized spacial score (nSPS) is 31.0. The highest BCUT2D eigenvalue weighted by atomic mass is 16.4. The Hall–Kier alpha value is -2.05. The van der Waals surface area contributed by atoms with Crippen LogP contribution in [0.15, 0.2) is 11.6 Å². The molecule has 0 aromatic rings. The molecule has 11 heteroatoms. The summed E-state index contributed by atoms with van der Waals surface area (Å²) < 4.78 is 0. The number of fused-ring (bicyclic) bond motifs is 1. The third-order valence-corrected chi connectivity index (χ3v) is 10.1. The first kappa shape index (κ1) is 36.1. The van der Waals surface area contributed by atoms with Gasteiger partial charge in [0.15, 0.2) is 0 Å². The summed E-state index contributed by atoms with van der Waals surface area (Å²) in [7, 11) is 0. The van der Waals surface area contributed by atoms with E-state index in [-0.39, 0.29) is 31.1 Å². The van der Waals surface area contributed by atoms with Gasteiger partial charge in [-0.25, -0.2) is 4.79 Å². The molecule has 11 nitrogen and oxygen atoms in total. The van der Waals surface area contributed by atoms with Crippen molar-refractivity contribution in [2.24, 2.45) is 28.6 Å². The van der Waals surface area contributed by atoms with E-state index in [9.17, 15) is 45.0 Å². The minimum absolute atomic E-state index is 0.114. The lowest BCUT2D eigenvalue weighted by Crippen LogP contribution is -2.45. The molecule has 2 fully saturated rings. The van der Waals surface area contributed by atoms with Gasteiger partial charge >= 0.3 is 17.9 Å². The summed E-state index contributed by atoms with van der Waals surface area (Å²) >= 11 is 0. The van der Waals surface area contributed by atoms with Gasteiger partial charge in [-0.1, -0.05) is 51.9 Å². The maximum Gasteiger partial charge on any atom is 0.331 e. The fraction of sp³-hybridized carbons (Fsp3) is 0.839. The lowest BCUT2D eigenvalue weighted by atomic mass is 9.65. The smallest absolute Gasteiger partial charge is 0.331 e. The van der Waals surface area contributed by atoms with Crippen LogP contribution in [0.2, 0.25) is 0 Å². The molecule has 0 radical (unpaired) electrons. The van der Waals surface area contributed by atoms with Gasteiger partial charge in [-0.15, -0.1) is 0 Å². The predicted octanol–water partition coefficient (Wildman–Crippen LogP) is 2.95. The highest BCUT2D eigenvalue weighted by Crippen LogP contribution is 2.71. The Bertz CT molecular complexity index is 921. The van der Waals surface area contributed by atoms with Gasteiger partial charge < -0.3 is 40.9 Å². The van der Waals surface area contributed by atoms with Crippen LogP contribution in [0.25, 0.3) is 0 Å². The average molecular weight is 601 g/mol. The van der Waals surface area contributed by atoms with E-state index in [1.807, 2.05) is 6.92 Å². The van der Waals surface area contributed by atoms with Crippen LogP contribution in [-0.4, -0.2) is 90.3 Å². The zero-order chi connectivity index (χ0) is 31.5. The number of carboxylic acids is 3. The van der Waals surface area contributed by atoms with Crippen LogP contribution in [0.1, 0.15) is 103 Å². The first-order chi connectivity index (χ1) is 19.9. The molecule has 1 spiro atoms. The van der Waals surface area contributed by atoms with E-state index in [4.69, 9.17) is 10.2 Å². The molecule has 2 saturated carbocycles. The van der Waals surface area contributed by atoms with E-state index in [1.54, 1.807) is 0 Å². The number of aliphatic hydroxyl groups is 5. The molecule has 8 atom stereocenters. The van der Waals surface area contributed by atoms with Crippen molar-refractivity contribution in [2.45, 2.75) is 122 Å². The summed E-state index contributed by atoms with van der Waals surface area (Å²) in [6, 6.07) is 0. The maximum absolute atomic E-state index is 11.6. The highest BCUT2D eigenvalue weighted by molar-refractivity contribution is 5.88. The fourth-order valence-corrected chi connectivity index (χ4v) is 7.77. The molecule has 0 aliphatic heterocycles. The molecule has 42 heavy (non-hydrogen) atoms. The van der Waals surface area contributed by atoms with Crippen molar-refractivity contribution < 1.29 is 55.2 Å². The number of carboxylic acid groups (broad SMARTS) is 3. The van der Waals surface area contributed by atoms with Crippen LogP contribution < -0.4 is 0 Å². The van der Waals surface area contributed by atoms with Gasteiger partial charge in [0.2, 0.25) is 0 Å². The second-order valence-corrected chi connectivity index (χ2v) is 12.7. The van der Waals surface area contributed by atoms with Gasteiger partial charge in [-0.3, -0.25) is 9.59 Å². The number of aliphatic carboxylic acids is 3. The first-order valence-corrected chi connectivity index (χ1v) is 15.5. The molecule has 3 aliphatic rings. The molecule has 0 amide bonds. The van der Waals surface area contributed by atoms with Crippen molar-refractivity contribution in [2.75, 3.05) is 13.2 Å². The molecule has 0 heterocycles. The summed E-state index contributed by atoms with van der Waals surface area (Å²) in [6.45, 7) is 1.84. The molecule has 3 rings (SSSR count).